The number of benzene rings is 2. The van der Waals surface area contributed by atoms with Crippen LogP contribution in [0.15, 0.2) is 53.6 Å². The molecule has 140 valence electrons. The third-order valence-corrected chi connectivity index (χ3v) is 4.73. The zero-order valence-corrected chi connectivity index (χ0v) is 16.0. The molecule has 2 aromatic carbocycles. The summed E-state index contributed by atoms with van der Waals surface area (Å²) in [6.45, 7) is 0.571. The Morgan fingerprint density at radius 1 is 1.07 bits per heavy atom. The van der Waals surface area contributed by atoms with E-state index >= 15 is 0 Å². The first-order chi connectivity index (χ1) is 13.0. The van der Waals surface area contributed by atoms with Crippen LogP contribution < -0.4 is 0 Å². The molecule has 7 heteroatoms. The fourth-order valence-corrected chi connectivity index (χ4v) is 3.14. The van der Waals surface area contributed by atoms with Crippen molar-refractivity contribution in [1.82, 2.24) is 5.01 Å². The Balaban J connectivity index is 1.46. The summed E-state index contributed by atoms with van der Waals surface area (Å²) in [7, 11) is 0. The van der Waals surface area contributed by atoms with Crippen molar-refractivity contribution in [2.45, 2.75) is 25.9 Å². The molecule has 0 saturated carbocycles. The zero-order valence-electron chi connectivity index (χ0n) is 14.5. The lowest BCUT2D eigenvalue weighted by Crippen LogP contribution is -2.24. The van der Waals surface area contributed by atoms with E-state index in [9.17, 15) is 9.59 Å². The van der Waals surface area contributed by atoms with E-state index in [1.165, 1.54) is 5.01 Å². The average molecular weight is 405 g/mol. The van der Waals surface area contributed by atoms with E-state index in [-0.39, 0.29) is 25.4 Å². The molecule has 1 amide bonds. The molecule has 27 heavy (non-hydrogen) atoms. The van der Waals surface area contributed by atoms with Crippen LogP contribution in [0.3, 0.4) is 0 Å². The number of nitrogens with zero attached hydrogens (tertiary/aromatic N) is 2. The van der Waals surface area contributed by atoms with Gasteiger partial charge >= 0.3 is 5.97 Å². The fraction of sp³-hybridized carbons (Fsp3) is 0.250. The maximum absolute atomic E-state index is 12.3. The van der Waals surface area contributed by atoms with Crippen LogP contribution in [0.25, 0.3) is 0 Å². The largest absolute Gasteiger partial charge is 0.461 e. The highest BCUT2D eigenvalue weighted by Crippen LogP contribution is 2.22. The van der Waals surface area contributed by atoms with Crippen LogP contribution in [0.1, 0.15) is 30.4 Å². The minimum atomic E-state index is -0.458. The molecular formula is C20H18Cl2N2O3. The summed E-state index contributed by atoms with van der Waals surface area (Å²) in [6, 6.07) is 14.7. The number of hydrogen-bond acceptors (Lipinski definition) is 4. The van der Waals surface area contributed by atoms with Gasteiger partial charge in [0.05, 0.1) is 18.7 Å². The van der Waals surface area contributed by atoms with Crippen molar-refractivity contribution in [3.8, 4) is 0 Å². The van der Waals surface area contributed by atoms with Gasteiger partial charge in [-0.2, -0.15) is 5.10 Å². The average Bonchev–Trinajstić information content (AvgIpc) is 3.16. The van der Waals surface area contributed by atoms with E-state index in [0.717, 1.165) is 11.3 Å². The number of esters is 1. The van der Waals surface area contributed by atoms with Crippen LogP contribution in [-0.2, 0) is 20.9 Å². The third-order valence-electron chi connectivity index (χ3n) is 4.14. The number of hydrazone groups is 1. The highest BCUT2D eigenvalue weighted by atomic mass is 35.5. The SMILES string of the molecule is O=C(CCC(=O)N1CCC(c2ccccc2)=N1)OCc1ccc(Cl)cc1Cl. The second kappa shape index (κ2) is 9.02. The van der Waals surface area contributed by atoms with Gasteiger partial charge in [-0.1, -0.05) is 59.6 Å². The molecule has 1 aliphatic rings. The lowest BCUT2D eigenvalue weighted by Gasteiger charge is -2.11. The second-order valence-electron chi connectivity index (χ2n) is 6.08. The van der Waals surface area contributed by atoms with Gasteiger partial charge in [-0.25, -0.2) is 5.01 Å². The monoisotopic (exact) mass is 404 g/mol. The van der Waals surface area contributed by atoms with Gasteiger partial charge in [0.2, 0.25) is 5.91 Å². The van der Waals surface area contributed by atoms with E-state index in [2.05, 4.69) is 5.10 Å². The summed E-state index contributed by atoms with van der Waals surface area (Å²) < 4.78 is 5.18. The number of ether oxygens (including phenoxy) is 1. The van der Waals surface area contributed by atoms with Crippen LogP contribution in [-0.4, -0.2) is 29.1 Å². The van der Waals surface area contributed by atoms with Crippen molar-refractivity contribution in [2.24, 2.45) is 5.10 Å². The summed E-state index contributed by atoms with van der Waals surface area (Å²) >= 11 is 11.9. The third kappa shape index (κ3) is 5.31. The molecule has 0 spiro atoms. The number of hydrogen-bond donors (Lipinski definition) is 0. The standard InChI is InChI=1S/C20H18Cl2N2O3/c21-16-7-6-15(17(22)12-16)13-27-20(26)9-8-19(25)24-11-10-18(23-24)14-4-2-1-3-5-14/h1-7,12H,8-11,13H2. The molecule has 3 rings (SSSR count). The number of carbonyl (C=O) groups excluding carboxylic acids is 2. The van der Waals surface area contributed by atoms with E-state index in [1.54, 1.807) is 18.2 Å². The topological polar surface area (TPSA) is 59.0 Å². The van der Waals surface area contributed by atoms with Gasteiger partial charge in [-0.05, 0) is 17.7 Å². The molecule has 0 bridgehead atoms. The molecule has 5 nitrogen and oxygen atoms in total. The van der Waals surface area contributed by atoms with Crippen molar-refractivity contribution >= 4 is 40.8 Å². The van der Waals surface area contributed by atoms with Gasteiger partial charge in [0.25, 0.3) is 0 Å². The molecule has 1 heterocycles. The van der Waals surface area contributed by atoms with E-state index in [1.807, 2.05) is 30.3 Å². The van der Waals surface area contributed by atoms with Crippen LogP contribution >= 0.6 is 23.2 Å². The number of rotatable bonds is 6. The number of amides is 1. The van der Waals surface area contributed by atoms with E-state index in [0.29, 0.717) is 28.6 Å². The van der Waals surface area contributed by atoms with Gasteiger partial charge in [-0.15, -0.1) is 0 Å². The normalized spacial score (nSPS) is 13.4. The van der Waals surface area contributed by atoms with E-state index < -0.39 is 5.97 Å². The predicted molar refractivity (Wildman–Crippen MR) is 105 cm³/mol. The van der Waals surface area contributed by atoms with Crippen molar-refractivity contribution < 1.29 is 14.3 Å². The molecule has 0 atom stereocenters. The Bertz CT molecular complexity index is 869. The van der Waals surface area contributed by atoms with Gasteiger partial charge < -0.3 is 4.74 Å². The number of carbonyl (C=O) groups is 2. The zero-order chi connectivity index (χ0) is 19.2. The molecule has 0 N–H and O–H groups in total. The predicted octanol–water partition coefficient (Wildman–Crippen LogP) is 4.45. The smallest absolute Gasteiger partial charge is 0.306 e. The van der Waals surface area contributed by atoms with Crippen molar-refractivity contribution in [3.05, 3.63) is 69.7 Å². The van der Waals surface area contributed by atoms with Crippen LogP contribution in [0, 0.1) is 0 Å². The van der Waals surface area contributed by atoms with Crippen LogP contribution in [0.5, 0.6) is 0 Å². The van der Waals surface area contributed by atoms with E-state index in [4.69, 9.17) is 27.9 Å². The minimum absolute atomic E-state index is 0.00324. The number of halogens is 2. The van der Waals surface area contributed by atoms with Crippen LogP contribution in [0.4, 0.5) is 0 Å². The molecule has 0 aliphatic carbocycles. The molecule has 0 aromatic heterocycles. The Hall–Kier alpha value is -2.37. The Kier molecular flexibility index (Phi) is 6.48. The van der Waals surface area contributed by atoms with Gasteiger partial charge in [0.1, 0.15) is 6.61 Å². The summed E-state index contributed by atoms with van der Waals surface area (Å²) in [6.07, 6.45) is 0.755. The summed E-state index contributed by atoms with van der Waals surface area (Å²) in [5.41, 5.74) is 2.55. The first-order valence-corrected chi connectivity index (χ1v) is 9.31. The highest BCUT2D eigenvalue weighted by molar-refractivity contribution is 6.35. The Labute approximate surface area is 167 Å². The van der Waals surface area contributed by atoms with Crippen molar-refractivity contribution in [1.29, 1.82) is 0 Å². The van der Waals surface area contributed by atoms with Gasteiger partial charge in [-0.3, -0.25) is 9.59 Å². The summed E-state index contributed by atoms with van der Waals surface area (Å²) in [5.74, 6) is -0.650. The van der Waals surface area contributed by atoms with Crippen molar-refractivity contribution in [3.63, 3.8) is 0 Å². The fourth-order valence-electron chi connectivity index (χ4n) is 2.68. The second-order valence-corrected chi connectivity index (χ2v) is 6.92. The summed E-state index contributed by atoms with van der Waals surface area (Å²) in [4.78, 5) is 24.2. The quantitative estimate of drug-likeness (QED) is 0.667. The molecule has 2 aromatic rings. The van der Waals surface area contributed by atoms with Crippen LogP contribution in [0.2, 0.25) is 10.0 Å². The highest BCUT2D eigenvalue weighted by Gasteiger charge is 2.22. The maximum Gasteiger partial charge on any atom is 0.306 e. The minimum Gasteiger partial charge on any atom is -0.461 e. The lowest BCUT2D eigenvalue weighted by molar-refractivity contribution is -0.147. The molecular weight excluding hydrogens is 387 g/mol. The maximum atomic E-state index is 12.3. The molecule has 0 unspecified atom stereocenters. The lowest BCUT2D eigenvalue weighted by atomic mass is 10.1. The first kappa shape index (κ1) is 19.4. The molecule has 0 fully saturated rings. The van der Waals surface area contributed by atoms with Gasteiger partial charge in [0.15, 0.2) is 0 Å². The Morgan fingerprint density at radius 2 is 1.85 bits per heavy atom. The Morgan fingerprint density at radius 3 is 2.59 bits per heavy atom. The first-order valence-electron chi connectivity index (χ1n) is 8.56. The summed E-state index contributed by atoms with van der Waals surface area (Å²) in [5, 5.41) is 6.74. The molecule has 0 saturated heterocycles. The van der Waals surface area contributed by atoms with Gasteiger partial charge in [0, 0.05) is 28.5 Å². The van der Waals surface area contributed by atoms with Crippen molar-refractivity contribution in [2.75, 3.05) is 6.54 Å². The molecule has 0 radical (unpaired) electrons. The molecule has 1 aliphatic heterocycles.